The molecule has 1 unspecified atom stereocenters. The largest absolute Gasteiger partial charge is 0.348 e. The number of benzene rings is 1. The van der Waals surface area contributed by atoms with Crippen LogP contribution in [0.2, 0.25) is 0 Å². The number of quaternary nitrogens is 1. The van der Waals surface area contributed by atoms with Gasteiger partial charge in [0.15, 0.2) is 6.54 Å². The van der Waals surface area contributed by atoms with Gasteiger partial charge in [-0.15, -0.1) is 0 Å². The van der Waals surface area contributed by atoms with Crippen LogP contribution in [-0.4, -0.2) is 25.5 Å². The molecule has 4 heteroatoms. The van der Waals surface area contributed by atoms with Crippen molar-refractivity contribution >= 4 is 5.91 Å². The van der Waals surface area contributed by atoms with E-state index in [1.807, 2.05) is 31.3 Å². The van der Waals surface area contributed by atoms with Crippen molar-refractivity contribution in [2.75, 3.05) is 13.6 Å². The predicted molar refractivity (Wildman–Crippen MR) is 67.8 cm³/mol. The molecule has 1 saturated carbocycles. The van der Waals surface area contributed by atoms with E-state index in [1.54, 1.807) is 0 Å². The Kier molecular flexibility index (Phi) is 3.96. The van der Waals surface area contributed by atoms with Gasteiger partial charge in [-0.3, -0.25) is 4.79 Å². The summed E-state index contributed by atoms with van der Waals surface area (Å²) in [7, 11) is 2.00. The zero-order chi connectivity index (χ0) is 13.0. The van der Waals surface area contributed by atoms with Gasteiger partial charge in [0.25, 0.3) is 5.91 Å². The molecule has 1 fully saturated rings. The minimum atomic E-state index is 0.128. The van der Waals surface area contributed by atoms with Crippen molar-refractivity contribution in [3.05, 3.63) is 35.4 Å². The average molecular weight is 244 g/mol. The highest BCUT2D eigenvalue weighted by Crippen LogP contribution is 2.17. The molecular formula is C14H18N3O+. The number of carbonyl (C=O) groups excluding carboxylic acids is 1. The molecule has 0 heterocycles. The van der Waals surface area contributed by atoms with E-state index >= 15 is 0 Å². The molecule has 0 radical (unpaired) electrons. The molecule has 1 aromatic rings. The first kappa shape index (κ1) is 12.6. The SMILES string of the molecule is C[NH+](CC(=O)NC1CC1)Cc1ccc(C#N)cc1. The normalized spacial score (nSPS) is 15.8. The van der Waals surface area contributed by atoms with Crippen molar-refractivity contribution < 1.29 is 9.69 Å². The monoisotopic (exact) mass is 244 g/mol. The predicted octanol–water partition coefficient (Wildman–Crippen LogP) is -0.148. The third-order valence-corrected chi connectivity index (χ3v) is 2.99. The highest BCUT2D eigenvalue weighted by atomic mass is 16.2. The summed E-state index contributed by atoms with van der Waals surface area (Å²) in [4.78, 5) is 12.8. The molecule has 2 rings (SSSR count). The Bertz CT molecular complexity index is 457. The molecule has 0 saturated heterocycles. The van der Waals surface area contributed by atoms with Gasteiger partial charge >= 0.3 is 0 Å². The van der Waals surface area contributed by atoms with E-state index in [2.05, 4.69) is 11.4 Å². The van der Waals surface area contributed by atoms with Crippen molar-refractivity contribution in [2.45, 2.75) is 25.4 Å². The molecule has 1 aromatic carbocycles. The summed E-state index contributed by atoms with van der Waals surface area (Å²) in [5.41, 5.74) is 1.81. The smallest absolute Gasteiger partial charge is 0.275 e. The van der Waals surface area contributed by atoms with E-state index in [-0.39, 0.29) is 5.91 Å². The number of carbonyl (C=O) groups is 1. The molecule has 2 N–H and O–H groups in total. The fourth-order valence-corrected chi connectivity index (χ4v) is 1.89. The topological polar surface area (TPSA) is 57.3 Å². The molecule has 4 nitrogen and oxygen atoms in total. The molecule has 1 aliphatic rings. The van der Waals surface area contributed by atoms with Gasteiger partial charge in [-0.25, -0.2) is 0 Å². The molecule has 94 valence electrons. The third-order valence-electron chi connectivity index (χ3n) is 2.99. The van der Waals surface area contributed by atoms with Crippen LogP contribution >= 0.6 is 0 Å². The lowest BCUT2D eigenvalue weighted by Gasteiger charge is -2.13. The lowest BCUT2D eigenvalue weighted by Crippen LogP contribution is -3.08. The summed E-state index contributed by atoms with van der Waals surface area (Å²) in [6.45, 7) is 1.29. The van der Waals surface area contributed by atoms with E-state index in [4.69, 9.17) is 5.26 Å². The van der Waals surface area contributed by atoms with Crippen molar-refractivity contribution in [3.8, 4) is 6.07 Å². The molecule has 1 atom stereocenters. The highest BCUT2D eigenvalue weighted by Gasteiger charge is 2.24. The second kappa shape index (κ2) is 5.65. The minimum absolute atomic E-state index is 0.128. The number of hydrogen-bond acceptors (Lipinski definition) is 2. The van der Waals surface area contributed by atoms with Crippen molar-refractivity contribution in [1.29, 1.82) is 5.26 Å². The van der Waals surface area contributed by atoms with Gasteiger partial charge in [0.2, 0.25) is 0 Å². The first-order valence-corrected chi connectivity index (χ1v) is 6.27. The number of rotatable bonds is 5. The summed E-state index contributed by atoms with van der Waals surface area (Å²) in [5.74, 6) is 0.128. The van der Waals surface area contributed by atoms with Crippen LogP contribution in [0.25, 0.3) is 0 Å². The zero-order valence-electron chi connectivity index (χ0n) is 10.6. The van der Waals surface area contributed by atoms with E-state index in [0.717, 1.165) is 29.8 Å². The summed E-state index contributed by atoms with van der Waals surface area (Å²) < 4.78 is 0. The lowest BCUT2D eigenvalue weighted by molar-refractivity contribution is -0.885. The van der Waals surface area contributed by atoms with Crippen LogP contribution in [0.3, 0.4) is 0 Å². The summed E-state index contributed by atoms with van der Waals surface area (Å²) in [5, 5.41) is 11.7. The first-order chi connectivity index (χ1) is 8.67. The maximum atomic E-state index is 11.6. The number of nitriles is 1. The minimum Gasteiger partial charge on any atom is -0.348 e. The van der Waals surface area contributed by atoms with Gasteiger partial charge in [0, 0.05) is 11.6 Å². The van der Waals surface area contributed by atoms with Gasteiger partial charge in [-0.2, -0.15) is 5.26 Å². The number of likely N-dealkylation sites (N-methyl/N-ethyl adjacent to an activating group) is 1. The highest BCUT2D eigenvalue weighted by molar-refractivity contribution is 5.77. The maximum Gasteiger partial charge on any atom is 0.275 e. The molecule has 0 bridgehead atoms. The summed E-state index contributed by atoms with van der Waals surface area (Å²) in [6, 6.07) is 10.0. The number of nitrogens with one attached hydrogen (secondary N) is 2. The molecule has 0 aromatic heterocycles. The third kappa shape index (κ3) is 3.86. The van der Waals surface area contributed by atoms with Crippen molar-refractivity contribution in [1.82, 2.24) is 5.32 Å². The van der Waals surface area contributed by atoms with Crippen LogP contribution in [0, 0.1) is 11.3 Å². The van der Waals surface area contributed by atoms with E-state index in [9.17, 15) is 4.79 Å². The quantitative estimate of drug-likeness (QED) is 0.757. The van der Waals surface area contributed by atoms with Gasteiger partial charge in [-0.05, 0) is 25.0 Å². The Hall–Kier alpha value is -1.86. The fourth-order valence-electron chi connectivity index (χ4n) is 1.89. The van der Waals surface area contributed by atoms with E-state index < -0.39 is 0 Å². The van der Waals surface area contributed by atoms with Gasteiger partial charge in [0.05, 0.1) is 18.7 Å². The van der Waals surface area contributed by atoms with Crippen molar-refractivity contribution in [3.63, 3.8) is 0 Å². The Morgan fingerprint density at radius 1 is 1.44 bits per heavy atom. The molecule has 1 amide bonds. The van der Waals surface area contributed by atoms with Crippen LogP contribution < -0.4 is 10.2 Å². The standard InChI is InChI=1S/C14H17N3O/c1-17(10-14(18)16-13-6-7-13)9-12-4-2-11(8-15)3-5-12/h2-5,13H,6-7,9-10H2,1H3,(H,16,18)/p+1. The van der Waals surface area contributed by atoms with Gasteiger partial charge in [0.1, 0.15) is 6.54 Å². The molecule has 1 aliphatic carbocycles. The Morgan fingerprint density at radius 3 is 2.67 bits per heavy atom. The van der Waals surface area contributed by atoms with E-state index in [1.165, 1.54) is 0 Å². The second-order valence-corrected chi connectivity index (χ2v) is 4.96. The van der Waals surface area contributed by atoms with Crippen LogP contribution in [0.15, 0.2) is 24.3 Å². The second-order valence-electron chi connectivity index (χ2n) is 4.96. The first-order valence-electron chi connectivity index (χ1n) is 6.27. The Labute approximate surface area is 107 Å². The lowest BCUT2D eigenvalue weighted by atomic mass is 10.1. The Morgan fingerprint density at radius 2 is 2.11 bits per heavy atom. The number of nitrogens with zero attached hydrogens (tertiary/aromatic N) is 1. The molecule has 18 heavy (non-hydrogen) atoms. The molecule has 0 spiro atoms. The number of hydrogen-bond donors (Lipinski definition) is 2. The summed E-state index contributed by atoms with van der Waals surface area (Å²) in [6.07, 6.45) is 2.25. The van der Waals surface area contributed by atoms with Crippen LogP contribution in [0.4, 0.5) is 0 Å². The fraction of sp³-hybridized carbons (Fsp3) is 0.429. The average Bonchev–Trinajstić information content (AvgIpc) is 3.13. The molecule has 0 aliphatic heterocycles. The van der Waals surface area contributed by atoms with Crippen LogP contribution in [0.5, 0.6) is 0 Å². The van der Waals surface area contributed by atoms with Gasteiger partial charge < -0.3 is 10.2 Å². The Balaban J connectivity index is 1.80. The summed E-state index contributed by atoms with van der Waals surface area (Å²) >= 11 is 0. The maximum absolute atomic E-state index is 11.6. The number of amides is 1. The van der Waals surface area contributed by atoms with Crippen molar-refractivity contribution in [2.24, 2.45) is 0 Å². The zero-order valence-corrected chi connectivity index (χ0v) is 10.6. The van der Waals surface area contributed by atoms with Crippen LogP contribution in [-0.2, 0) is 11.3 Å². The molecular weight excluding hydrogens is 226 g/mol. The van der Waals surface area contributed by atoms with Crippen LogP contribution in [0.1, 0.15) is 24.0 Å². The van der Waals surface area contributed by atoms with E-state index in [0.29, 0.717) is 18.2 Å². The van der Waals surface area contributed by atoms with Gasteiger partial charge in [-0.1, -0.05) is 12.1 Å².